The third kappa shape index (κ3) is 10.1. The number of benzene rings is 8. The van der Waals surface area contributed by atoms with Crippen LogP contribution >= 0.6 is 0 Å². The van der Waals surface area contributed by atoms with Crippen LogP contribution in [0.5, 0.6) is 0 Å². The quantitative estimate of drug-likeness (QED) is 0.0878. The summed E-state index contributed by atoms with van der Waals surface area (Å²) in [5, 5.41) is 17.8. The molecule has 1 aliphatic rings. The molecule has 0 bridgehead atoms. The summed E-state index contributed by atoms with van der Waals surface area (Å²) >= 11 is 0. The lowest BCUT2D eigenvalue weighted by Gasteiger charge is -2.44. The van der Waals surface area contributed by atoms with Crippen molar-refractivity contribution >= 4 is 43.2 Å². The molecule has 1 saturated heterocycles. The van der Waals surface area contributed by atoms with Crippen molar-refractivity contribution in [2.24, 2.45) is 0 Å². The van der Waals surface area contributed by atoms with E-state index in [-0.39, 0.29) is 29.9 Å². The summed E-state index contributed by atoms with van der Waals surface area (Å²) in [5.41, 5.74) is 6.93. The largest absolute Gasteiger partial charge is 0.392 e. The highest BCUT2D eigenvalue weighted by atomic mass is 32.2. The van der Waals surface area contributed by atoms with Gasteiger partial charge in [0.1, 0.15) is 6.04 Å². The predicted octanol–water partition coefficient (Wildman–Crippen LogP) is 10.4. The summed E-state index contributed by atoms with van der Waals surface area (Å²) in [5.74, 6) is -0.735. The van der Waals surface area contributed by atoms with E-state index in [1.165, 1.54) is 39.2 Å². The molecule has 0 aromatic heterocycles. The van der Waals surface area contributed by atoms with Crippen molar-refractivity contribution in [3.63, 3.8) is 0 Å². The lowest BCUT2D eigenvalue weighted by atomic mass is 9.83. The van der Waals surface area contributed by atoms with E-state index in [0.29, 0.717) is 24.3 Å². The molecule has 8 aromatic carbocycles. The molecule has 8 aromatic rings. The molecule has 1 fully saturated rings. The van der Waals surface area contributed by atoms with Gasteiger partial charge < -0.3 is 19.9 Å². The third-order valence-corrected chi connectivity index (χ3v) is 13.9. The van der Waals surface area contributed by atoms with Gasteiger partial charge in [0.15, 0.2) is 6.29 Å². The summed E-state index contributed by atoms with van der Waals surface area (Å²) in [4.78, 5) is 16.6. The lowest BCUT2D eigenvalue weighted by molar-refractivity contribution is -0.263. The first-order valence-electron chi connectivity index (χ1n) is 22.3. The number of hydrogen-bond acceptors (Lipinski definition) is 7. The van der Waals surface area contributed by atoms with Gasteiger partial charge in [-0.3, -0.25) is 9.69 Å². The number of sulfonamides is 1. The number of carbonyl (C=O) groups excluding carboxylic acids is 1. The van der Waals surface area contributed by atoms with Crippen LogP contribution in [0.1, 0.15) is 57.3 Å². The highest BCUT2D eigenvalue weighted by Gasteiger charge is 2.42. The molecule has 1 heterocycles. The summed E-state index contributed by atoms with van der Waals surface area (Å²) in [7, 11) is -1.92. The van der Waals surface area contributed by atoms with Crippen LogP contribution in [0.4, 0.5) is 5.69 Å². The number of nitrogens with zero attached hydrogens (tertiary/aromatic N) is 1. The predicted molar refractivity (Wildman–Crippen MR) is 261 cm³/mol. The van der Waals surface area contributed by atoms with E-state index in [4.69, 9.17) is 9.47 Å². The maximum Gasteiger partial charge on any atom is 0.242 e. The van der Waals surface area contributed by atoms with Gasteiger partial charge in [-0.25, -0.2) is 8.42 Å². The third-order valence-electron chi connectivity index (χ3n) is 12.4. The smallest absolute Gasteiger partial charge is 0.242 e. The number of hydrogen-bond donors (Lipinski definition) is 3. The SMILES string of the molecule is Cc1ccc(S(=O)(=O)N[C@H](Cc2ccccc2)C(=O)Nc2cccc(C3O[C@H](CN(C)Cc4c5ccccc5cc5ccccc45)[C@@H](c4ccccc4)[C@H](c4ccc(CO)cc4)O3)c2)cc1. The van der Waals surface area contributed by atoms with Crippen molar-refractivity contribution in [2.45, 2.75) is 61.8 Å². The maximum atomic E-state index is 14.2. The van der Waals surface area contributed by atoms with Crippen LogP contribution in [-0.2, 0) is 43.9 Å². The number of ether oxygens (including phenoxy) is 2. The summed E-state index contributed by atoms with van der Waals surface area (Å²) in [6, 6.07) is 59.6. The van der Waals surface area contributed by atoms with Crippen molar-refractivity contribution < 1.29 is 27.8 Å². The van der Waals surface area contributed by atoms with Crippen molar-refractivity contribution in [1.29, 1.82) is 0 Å². The second kappa shape index (κ2) is 19.9. The molecule has 1 aliphatic heterocycles. The van der Waals surface area contributed by atoms with E-state index in [9.17, 15) is 18.3 Å². The number of rotatable bonds is 15. The number of aryl methyl sites for hydroxylation is 1. The number of fused-ring (bicyclic) bond motifs is 2. The Morgan fingerprint density at radius 1 is 0.667 bits per heavy atom. The van der Waals surface area contributed by atoms with Gasteiger partial charge in [-0.05, 0) is 100 Å². The molecule has 3 N–H and O–H groups in total. The zero-order valence-corrected chi connectivity index (χ0v) is 37.8. The van der Waals surface area contributed by atoms with E-state index < -0.39 is 34.4 Å². The molecule has 1 amide bonds. The fourth-order valence-electron chi connectivity index (χ4n) is 9.09. The highest BCUT2D eigenvalue weighted by Crippen LogP contribution is 2.47. The van der Waals surface area contributed by atoms with E-state index in [0.717, 1.165) is 27.8 Å². The van der Waals surface area contributed by atoms with Gasteiger partial charge in [0.05, 0.1) is 23.7 Å². The molecule has 66 heavy (non-hydrogen) atoms. The first-order chi connectivity index (χ1) is 32.1. The molecule has 5 atom stereocenters. The van der Waals surface area contributed by atoms with Gasteiger partial charge in [-0.1, -0.05) is 163 Å². The molecular formula is C56H53N3O6S. The highest BCUT2D eigenvalue weighted by molar-refractivity contribution is 7.89. The molecule has 9 rings (SSSR count). The van der Waals surface area contributed by atoms with Crippen molar-refractivity contribution in [1.82, 2.24) is 9.62 Å². The van der Waals surface area contributed by atoms with Gasteiger partial charge in [-0.15, -0.1) is 0 Å². The molecule has 1 unspecified atom stereocenters. The standard InChI is InChI=1S/C56H53N3O6S/c1-38-24-30-47(31-25-38)66(62,63)58-51(32-39-14-5-3-6-15-39)55(61)57-46-21-13-20-45(34-46)56-64-52(53(41-16-7-4-8-17-41)54(65-56)42-28-26-40(37-60)27-29-42)36-59(2)35-50-48-22-11-9-18-43(48)33-44-19-10-12-23-49(44)50/h3-31,33-34,51-54,56,58,60H,32,35-37H2,1-2H3,(H,57,61)/t51-,52-,53-,54+,56?/m1/s1. The minimum Gasteiger partial charge on any atom is -0.392 e. The van der Waals surface area contributed by atoms with Crippen LogP contribution in [0.2, 0.25) is 0 Å². The Labute approximate surface area is 386 Å². The second-order valence-electron chi connectivity index (χ2n) is 17.2. The van der Waals surface area contributed by atoms with Crippen LogP contribution < -0.4 is 10.0 Å². The van der Waals surface area contributed by atoms with Crippen LogP contribution in [0.15, 0.2) is 193 Å². The molecule has 334 valence electrons. The van der Waals surface area contributed by atoms with E-state index in [2.05, 4.69) is 88.7 Å². The Kier molecular flexibility index (Phi) is 13.5. The van der Waals surface area contributed by atoms with Crippen molar-refractivity contribution in [3.05, 3.63) is 227 Å². The normalized spacial score (nSPS) is 18.1. The van der Waals surface area contributed by atoms with E-state index in [1.54, 1.807) is 18.2 Å². The van der Waals surface area contributed by atoms with Crippen molar-refractivity contribution in [2.75, 3.05) is 18.9 Å². The minimum absolute atomic E-state index is 0.0754. The van der Waals surface area contributed by atoms with Crippen LogP contribution in [0, 0.1) is 6.92 Å². The number of aliphatic hydroxyl groups is 1. The summed E-state index contributed by atoms with van der Waals surface area (Å²) in [6.45, 7) is 3.04. The Bertz CT molecular complexity index is 2990. The number of carbonyl (C=O) groups is 1. The van der Waals surface area contributed by atoms with Crippen LogP contribution in [0.3, 0.4) is 0 Å². The number of likely N-dealkylation sites (N-methyl/N-ethyl adjacent to an activating group) is 1. The van der Waals surface area contributed by atoms with Gasteiger partial charge in [0.25, 0.3) is 0 Å². The van der Waals surface area contributed by atoms with Crippen LogP contribution in [0.25, 0.3) is 21.5 Å². The molecule has 0 aliphatic carbocycles. The van der Waals surface area contributed by atoms with Crippen molar-refractivity contribution in [3.8, 4) is 0 Å². The zero-order chi connectivity index (χ0) is 45.6. The average Bonchev–Trinajstić information content (AvgIpc) is 3.34. The maximum absolute atomic E-state index is 14.2. The van der Waals surface area contributed by atoms with Gasteiger partial charge in [0.2, 0.25) is 15.9 Å². The monoisotopic (exact) mass is 895 g/mol. The Morgan fingerprint density at radius 3 is 1.95 bits per heavy atom. The van der Waals surface area contributed by atoms with Gasteiger partial charge in [-0.2, -0.15) is 4.72 Å². The lowest BCUT2D eigenvalue weighted by Crippen LogP contribution is -2.45. The van der Waals surface area contributed by atoms with E-state index in [1.807, 2.05) is 97.9 Å². The molecule has 0 radical (unpaired) electrons. The van der Waals surface area contributed by atoms with E-state index >= 15 is 0 Å². The molecule has 10 heteroatoms. The molecule has 0 saturated carbocycles. The fourth-order valence-corrected chi connectivity index (χ4v) is 10.3. The second-order valence-corrected chi connectivity index (χ2v) is 18.9. The molecule has 0 spiro atoms. The number of aliphatic hydroxyl groups excluding tert-OH is 1. The summed E-state index contributed by atoms with van der Waals surface area (Å²) < 4.78 is 44.2. The molecule has 9 nitrogen and oxygen atoms in total. The Balaban J connectivity index is 1.04. The summed E-state index contributed by atoms with van der Waals surface area (Å²) in [6.07, 6.45) is -1.54. The van der Waals surface area contributed by atoms with Crippen LogP contribution in [-0.4, -0.2) is 50.1 Å². The number of nitrogens with one attached hydrogen (secondary N) is 2. The molecular weight excluding hydrogens is 843 g/mol. The minimum atomic E-state index is -4.05. The first-order valence-corrected chi connectivity index (χ1v) is 23.8. The fraction of sp³-hybridized carbons (Fsp3) is 0.196. The zero-order valence-electron chi connectivity index (χ0n) is 37.0. The number of anilines is 1. The van der Waals surface area contributed by atoms with Gasteiger partial charge >= 0.3 is 0 Å². The number of amides is 1. The first kappa shape index (κ1) is 44.7. The topological polar surface area (TPSA) is 117 Å². The Hall–Kier alpha value is -6.50. The average molecular weight is 896 g/mol. The Morgan fingerprint density at radius 2 is 1.29 bits per heavy atom. The van der Waals surface area contributed by atoms with Gasteiger partial charge in [0, 0.05) is 30.3 Å².